The molecule has 0 saturated carbocycles. The van der Waals surface area contributed by atoms with E-state index < -0.39 is 0 Å². The number of likely N-dealkylation sites (N-methyl/N-ethyl adjacent to an activating group) is 1. The van der Waals surface area contributed by atoms with Gasteiger partial charge in [-0.3, -0.25) is 14.8 Å². The van der Waals surface area contributed by atoms with Crippen LogP contribution in [0.1, 0.15) is 11.3 Å². The Kier molecular flexibility index (Phi) is 9.21. The fourth-order valence-corrected chi connectivity index (χ4v) is 2.59. The fourth-order valence-electron chi connectivity index (χ4n) is 2.59. The Morgan fingerprint density at radius 3 is 2.76 bits per heavy atom. The number of pyridine rings is 1. The minimum atomic E-state index is -0.0152. The summed E-state index contributed by atoms with van der Waals surface area (Å²) in [6, 6.07) is 13.6. The summed E-state index contributed by atoms with van der Waals surface area (Å²) in [5.74, 6) is 1.33. The van der Waals surface area contributed by atoms with Crippen molar-refractivity contribution in [2.24, 2.45) is 4.99 Å². The number of amides is 1. The van der Waals surface area contributed by atoms with Crippen molar-refractivity contribution in [3.05, 3.63) is 72.6 Å². The number of hydrogen-bond acceptors (Lipinski definition) is 4. The summed E-state index contributed by atoms with van der Waals surface area (Å²) in [4.78, 5) is 22.5. The van der Waals surface area contributed by atoms with Gasteiger partial charge < -0.3 is 20.3 Å². The Morgan fingerprint density at radius 2 is 2.03 bits per heavy atom. The molecular formula is C22H29N5O2. The number of rotatable bonds is 10. The third-order valence-corrected chi connectivity index (χ3v) is 4.26. The van der Waals surface area contributed by atoms with Crippen molar-refractivity contribution in [2.45, 2.75) is 13.0 Å². The number of para-hydroxylation sites is 1. The smallest absolute Gasteiger partial charge is 0.241 e. The molecular weight excluding hydrogens is 366 g/mol. The van der Waals surface area contributed by atoms with E-state index in [2.05, 4.69) is 27.2 Å². The monoisotopic (exact) mass is 395 g/mol. The zero-order chi connectivity index (χ0) is 20.9. The second kappa shape index (κ2) is 12.2. The number of benzene rings is 1. The van der Waals surface area contributed by atoms with Crippen LogP contribution in [0.15, 0.2) is 66.3 Å². The van der Waals surface area contributed by atoms with Gasteiger partial charge in [0.1, 0.15) is 12.4 Å². The molecule has 1 aromatic heterocycles. The van der Waals surface area contributed by atoms with Crippen LogP contribution in [-0.4, -0.2) is 55.5 Å². The molecule has 0 aliphatic heterocycles. The molecule has 7 heteroatoms. The van der Waals surface area contributed by atoms with E-state index in [1.807, 2.05) is 42.5 Å². The molecule has 0 fully saturated rings. The summed E-state index contributed by atoms with van der Waals surface area (Å²) in [5, 5.41) is 6.26. The number of carbonyl (C=O) groups is 1. The first kappa shape index (κ1) is 21.9. The first-order chi connectivity index (χ1) is 14.1. The van der Waals surface area contributed by atoms with Crippen molar-refractivity contribution in [3.63, 3.8) is 0 Å². The van der Waals surface area contributed by atoms with Crippen LogP contribution in [0.2, 0.25) is 0 Å². The van der Waals surface area contributed by atoms with Gasteiger partial charge in [-0.1, -0.05) is 36.9 Å². The first-order valence-corrected chi connectivity index (χ1v) is 9.54. The predicted molar refractivity (Wildman–Crippen MR) is 116 cm³/mol. The lowest BCUT2D eigenvalue weighted by atomic mass is 10.2. The van der Waals surface area contributed by atoms with Gasteiger partial charge in [0.15, 0.2) is 5.96 Å². The lowest BCUT2D eigenvalue weighted by molar-refractivity contribution is -0.128. The average molecular weight is 396 g/mol. The summed E-state index contributed by atoms with van der Waals surface area (Å²) in [6.07, 6.45) is 4.19. The highest BCUT2D eigenvalue weighted by Gasteiger charge is 2.10. The van der Waals surface area contributed by atoms with Crippen molar-refractivity contribution < 1.29 is 9.53 Å². The summed E-state index contributed by atoms with van der Waals surface area (Å²) < 4.78 is 5.66. The SMILES string of the molecule is C=CCOc1ccccc1CNC(=NC)NCC(=O)N(C)CCc1ccccn1. The van der Waals surface area contributed by atoms with Crippen LogP contribution in [-0.2, 0) is 17.8 Å². The molecule has 0 spiro atoms. The highest BCUT2D eigenvalue weighted by Crippen LogP contribution is 2.17. The van der Waals surface area contributed by atoms with E-state index in [4.69, 9.17) is 4.74 Å². The molecule has 2 rings (SSSR count). The predicted octanol–water partition coefficient (Wildman–Crippen LogP) is 2.01. The highest BCUT2D eigenvalue weighted by atomic mass is 16.5. The minimum Gasteiger partial charge on any atom is -0.489 e. The molecule has 0 aliphatic rings. The van der Waals surface area contributed by atoms with Crippen LogP contribution in [0, 0.1) is 0 Å². The maximum absolute atomic E-state index is 12.4. The van der Waals surface area contributed by atoms with E-state index >= 15 is 0 Å². The Labute approximate surface area is 172 Å². The van der Waals surface area contributed by atoms with Gasteiger partial charge in [0, 0.05) is 51.1 Å². The van der Waals surface area contributed by atoms with Crippen LogP contribution in [0.5, 0.6) is 5.75 Å². The maximum atomic E-state index is 12.4. The molecule has 7 nitrogen and oxygen atoms in total. The molecule has 0 saturated heterocycles. The topological polar surface area (TPSA) is 78.8 Å². The molecule has 0 aliphatic carbocycles. The number of nitrogens with zero attached hydrogens (tertiary/aromatic N) is 3. The Bertz CT molecular complexity index is 808. The third kappa shape index (κ3) is 7.65. The van der Waals surface area contributed by atoms with Gasteiger partial charge in [-0.05, 0) is 18.2 Å². The molecule has 0 radical (unpaired) electrons. The zero-order valence-electron chi connectivity index (χ0n) is 17.1. The van der Waals surface area contributed by atoms with Crippen LogP contribution in [0.25, 0.3) is 0 Å². The van der Waals surface area contributed by atoms with Gasteiger partial charge in [0.2, 0.25) is 5.91 Å². The van der Waals surface area contributed by atoms with Gasteiger partial charge in [0.05, 0.1) is 6.54 Å². The van der Waals surface area contributed by atoms with Crippen molar-refractivity contribution in [1.29, 1.82) is 0 Å². The van der Waals surface area contributed by atoms with Crippen molar-refractivity contribution in [2.75, 3.05) is 33.8 Å². The molecule has 2 aromatic rings. The van der Waals surface area contributed by atoms with Gasteiger partial charge in [-0.15, -0.1) is 0 Å². The largest absolute Gasteiger partial charge is 0.489 e. The summed E-state index contributed by atoms with van der Waals surface area (Å²) in [7, 11) is 3.46. The average Bonchev–Trinajstić information content (AvgIpc) is 2.77. The van der Waals surface area contributed by atoms with Gasteiger partial charge >= 0.3 is 0 Å². The number of aliphatic imine (C=N–C) groups is 1. The molecule has 0 atom stereocenters. The molecule has 154 valence electrons. The summed E-state index contributed by atoms with van der Waals surface area (Å²) >= 11 is 0. The van der Waals surface area contributed by atoms with E-state index in [1.165, 1.54) is 0 Å². The number of ether oxygens (including phenoxy) is 1. The fraction of sp³-hybridized carbons (Fsp3) is 0.318. The molecule has 0 bridgehead atoms. The van der Waals surface area contributed by atoms with Crippen molar-refractivity contribution in [1.82, 2.24) is 20.5 Å². The standard InChI is InChI=1S/C22H29N5O2/c1-4-15-29-20-11-6-5-9-18(20)16-25-22(23-2)26-17-21(28)27(3)14-12-19-10-7-8-13-24-19/h4-11,13H,1,12,14-17H2,2-3H3,(H2,23,25,26). The molecule has 1 aromatic carbocycles. The maximum Gasteiger partial charge on any atom is 0.241 e. The Hall–Kier alpha value is -3.35. The quantitative estimate of drug-likeness (QED) is 0.366. The third-order valence-electron chi connectivity index (χ3n) is 4.26. The van der Waals surface area contributed by atoms with Crippen molar-refractivity contribution in [3.8, 4) is 5.75 Å². The van der Waals surface area contributed by atoms with Crippen LogP contribution in [0.3, 0.4) is 0 Å². The van der Waals surface area contributed by atoms with Crippen LogP contribution >= 0.6 is 0 Å². The lowest BCUT2D eigenvalue weighted by Crippen LogP contribution is -2.43. The van der Waals surface area contributed by atoms with Gasteiger partial charge in [0.25, 0.3) is 0 Å². The molecule has 0 unspecified atom stereocenters. The van der Waals surface area contributed by atoms with E-state index in [0.717, 1.165) is 23.4 Å². The molecule has 2 N–H and O–H groups in total. The second-order valence-corrected chi connectivity index (χ2v) is 6.37. The van der Waals surface area contributed by atoms with E-state index in [0.29, 0.717) is 25.7 Å². The minimum absolute atomic E-state index is 0.0152. The number of aromatic nitrogens is 1. The first-order valence-electron chi connectivity index (χ1n) is 9.54. The molecule has 1 amide bonds. The van der Waals surface area contributed by atoms with E-state index in [-0.39, 0.29) is 12.5 Å². The van der Waals surface area contributed by atoms with E-state index in [9.17, 15) is 4.79 Å². The lowest BCUT2D eigenvalue weighted by Gasteiger charge is -2.19. The zero-order valence-corrected chi connectivity index (χ0v) is 17.1. The van der Waals surface area contributed by atoms with E-state index in [1.54, 1.807) is 31.3 Å². The second-order valence-electron chi connectivity index (χ2n) is 6.37. The summed E-state index contributed by atoms with van der Waals surface area (Å²) in [6.45, 7) is 5.41. The van der Waals surface area contributed by atoms with Crippen LogP contribution in [0.4, 0.5) is 0 Å². The molecule has 1 heterocycles. The number of guanidine groups is 1. The molecule has 29 heavy (non-hydrogen) atoms. The summed E-state index contributed by atoms with van der Waals surface area (Å²) in [5.41, 5.74) is 1.96. The number of carbonyl (C=O) groups excluding carboxylic acids is 1. The number of nitrogens with one attached hydrogen (secondary N) is 2. The number of hydrogen-bond donors (Lipinski definition) is 2. The highest BCUT2D eigenvalue weighted by molar-refractivity contribution is 5.86. The van der Waals surface area contributed by atoms with Gasteiger partial charge in [-0.2, -0.15) is 0 Å². The van der Waals surface area contributed by atoms with Crippen LogP contribution < -0.4 is 15.4 Å². The Morgan fingerprint density at radius 1 is 1.24 bits per heavy atom. The van der Waals surface area contributed by atoms with Gasteiger partial charge in [-0.25, -0.2) is 0 Å². The normalized spacial score (nSPS) is 10.9. The van der Waals surface area contributed by atoms with Crippen molar-refractivity contribution >= 4 is 11.9 Å². The Balaban J connectivity index is 1.78.